The SMILES string of the molecule is OC[C@@H]1C[C@H](O)[C@H](O)[C@@H](C#Cc2cccc3cccc(C#C[C@H]4O[C@H](CO)[C@@H](O)[C@H](O)[C@@H]4O)c23)O1. The zero-order valence-electron chi connectivity index (χ0n) is 18.7. The van der Waals surface area contributed by atoms with Crippen LogP contribution >= 0.6 is 0 Å². The second-order valence-electron chi connectivity index (χ2n) is 8.65. The molecule has 0 aromatic heterocycles. The van der Waals surface area contributed by atoms with Crippen LogP contribution < -0.4 is 0 Å². The fourth-order valence-electron chi connectivity index (χ4n) is 4.26. The van der Waals surface area contributed by atoms with Gasteiger partial charge in [-0.05, 0) is 17.5 Å². The van der Waals surface area contributed by atoms with Crippen LogP contribution in [-0.2, 0) is 9.47 Å². The monoisotopic (exact) mass is 484 g/mol. The number of benzene rings is 2. The third-order valence-corrected chi connectivity index (χ3v) is 6.25. The highest BCUT2D eigenvalue weighted by Crippen LogP contribution is 2.25. The van der Waals surface area contributed by atoms with E-state index in [4.69, 9.17) is 9.47 Å². The van der Waals surface area contributed by atoms with E-state index in [1.54, 1.807) is 18.2 Å². The number of ether oxygens (including phenoxy) is 2. The third kappa shape index (κ3) is 5.35. The van der Waals surface area contributed by atoms with Crippen molar-refractivity contribution in [3.05, 3.63) is 47.5 Å². The molecule has 9 heteroatoms. The molecule has 7 N–H and O–H groups in total. The van der Waals surface area contributed by atoms with E-state index in [2.05, 4.69) is 23.7 Å². The lowest BCUT2D eigenvalue weighted by Gasteiger charge is -2.37. The number of rotatable bonds is 2. The summed E-state index contributed by atoms with van der Waals surface area (Å²) in [6.45, 7) is -0.841. The van der Waals surface area contributed by atoms with Crippen molar-refractivity contribution in [3.63, 3.8) is 0 Å². The Kier molecular flexibility index (Phi) is 8.05. The Morgan fingerprint density at radius 1 is 0.714 bits per heavy atom. The van der Waals surface area contributed by atoms with Crippen LogP contribution in [0.15, 0.2) is 36.4 Å². The first-order valence-electron chi connectivity index (χ1n) is 11.3. The fourth-order valence-corrected chi connectivity index (χ4v) is 4.26. The van der Waals surface area contributed by atoms with Crippen LogP contribution in [0.4, 0.5) is 0 Å². The number of aliphatic hydroxyl groups is 7. The zero-order chi connectivity index (χ0) is 25.1. The van der Waals surface area contributed by atoms with Gasteiger partial charge in [-0.25, -0.2) is 0 Å². The molecule has 35 heavy (non-hydrogen) atoms. The first-order chi connectivity index (χ1) is 16.8. The molecule has 0 bridgehead atoms. The van der Waals surface area contributed by atoms with Crippen LogP contribution in [0, 0.1) is 23.7 Å². The predicted octanol–water partition coefficient (Wildman–Crippen LogP) is -1.74. The molecule has 186 valence electrons. The maximum absolute atomic E-state index is 10.3. The minimum atomic E-state index is -1.52. The molecule has 9 nitrogen and oxygen atoms in total. The lowest BCUT2D eigenvalue weighted by atomic mass is 9.94. The molecule has 2 aliphatic rings. The van der Waals surface area contributed by atoms with Crippen LogP contribution in [-0.4, -0.2) is 104 Å². The Labute approximate surface area is 202 Å². The van der Waals surface area contributed by atoms with Gasteiger partial charge in [-0.1, -0.05) is 47.9 Å². The van der Waals surface area contributed by atoms with Gasteiger partial charge in [0.2, 0.25) is 0 Å². The largest absolute Gasteiger partial charge is 0.394 e. The smallest absolute Gasteiger partial charge is 0.147 e. The van der Waals surface area contributed by atoms with E-state index >= 15 is 0 Å². The van der Waals surface area contributed by atoms with Gasteiger partial charge < -0.3 is 45.2 Å². The van der Waals surface area contributed by atoms with E-state index < -0.39 is 61.5 Å². The second kappa shape index (κ2) is 11.0. The number of aliphatic hydroxyl groups excluding tert-OH is 7. The predicted molar refractivity (Wildman–Crippen MR) is 124 cm³/mol. The molecule has 0 saturated carbocycles. The molecule has 0 aliphatic carbocycles. The molecule has 2 heterocycles. The molecular formula is C26H28O9. The highest BCUT2D eigenvalue weighted by atomic mass is 16.5. The van der Waals surface area contributed by atoms with Gasteiger partial charge in [-0.2, -0.15) is 0 Å². The Balaban J connectivity index is 1.67. The molecular weight excluding hydrogens is 456 g/mol. The van der Waals surface area contributed by atoms with Gasteiger partial charge >= 0.3 is 0 Å². The quantitative estimate of drug-likeness (QED) is 0.246. The molecule has 2 saturated heterocycles. The molecule has 2 aromatic rings. The first-order valence-corrected chi connectivity index (χ1v) is 11.3. The standard InChI is InChI=1S/C26H28O9/c27-12-17-11-18(29)23(30)19(34-17)9-7-15-5-1-3-14-4-2-6-16(22(14)15)8-10-20-24(31)26(33)25(32)21(13-28)35-20/h1-6,17-21,23-33H,11-13H2/t17-,18-,19+,20+,21+,23-,24+,25+,26+/m0/s1. The second-order valence-corrected chi connectivity index (χ2v) is 8.65. The highest BCUT2D eigenvalue weighted by molar-refractivity contribution is 5.93. The fraction of sp³-hybridized carbons (Fsp3) is 0.462. The van der Waals surface area contributed by atoms with Gasteiger partial charge in [0.05, 0.1) is 25.4 Å². The van der Waals surface area contributed by atoms with E-state index in [1.165, 1.54) is 0 Å². The summed E-state index contributed by atoms with van der Waals surface area (Å²) in [7, 11) is 0. The van der Waals surface area contributed by atoms with Crippen LogP contribution in [0.25, 0.3) is 10.8 Å². The van der Waals surface area contributed by atoms with Crippen molar-refractivity contribution in [1.29, 1.82) is 0 Å². The normalized spacial score (nSPS) is 35.0. The Morgan fingerprint density at radius 2 is 1.31 bits per heavy atom. The number of fused-ring (bicyclic) bond motifs is 1. The zero-order valence-corrected chi connectivity index (χ0v) is 18.7. The Morgan fingerprint density at radius 3 is 1.89 bits per heavy atom. The van der Waals surface area contributed by atoms with E-state index in [-0.39, 0.29) is 13.0 Å². The molecule has 2 aromatic carbocycles. The lowest BCUT2D eigenvalue weighted by Crippen LogP contribution is -2.58. The molecule has 0 radical (unpaired) electrons. The van der Waals surface area contributed by atoms with Crippen molar-refractivity contribution in [2.24, 2.45) is 0 Å². The van der Waals surface area contributed by atoms with E-state index in [0.29, 0.717) is 16.5 Å². The number of hydrogen-bond acceptors (Lipinski definition) is 9. The minimum absolute atomic E-state index is 0.113. The summed E-state index contributed by atoms with van der Waals surface area (Å²) in [5.41, 5.74) is 1.14. The summed E-state index contributed by atoms with van der Waals surface area (Å²) in [5, 5.41) is 70.8. The molecule has 9 atom stereocenters. The van der Waals surface area contributed by atoms with Gasteiger partial charge in [0.15, 0.2) is 0 Å². The van der Waals surface area contributed by atoms with E-state index in [1.807, 2.05) is 18.2 Å². The Bertz CT molecular complexity index is 1150. The minimum Gasteiger partial charge on any atom is -0.394 e. The van der Waals surface area contributed by atoms with E-state index in [9.17, 15) is 35.7 Å². The Hall–Kier alpha value is -2.54. The summed E-state index contributed by atoms with van der Waals surface area (Å²) >= 11 is 0. The summed E-state index contributed by atoms with van der Waals surface area (Å²) in [4.78, 5) is 0. The molecule has 2 fully saturated rings. The summed E-state index contributed by atoms with van der Waals surface area (Å²) < 4.78 is 11.1. The molecule has 0 spiro atoms. The highest BCUT2D eigenvalue weighted by Gasteiger charge is 2.42. The van der Waals surface area contributed by atoms with Crippen LogP contribution in [0.5, 0.6) is 0 Å². The van der Waals surface area contributed by atoms with Crippen molar-refractivity contribution in [3.8, 4) is 23.7 Å². The van der Waals surface area contributed by atoms with E-state index in [0.717, 1.165) is 5.39 Å². The van der Waals surface area contributed by atoms with Crippen molar-refractivity contribution in [1.82, 2.24) is 0 Å². The molecule has 0 amide bonds. The third-order valence-electron chi connectivity index (χ3n) is 6.25. The van der Waals surface area contributed by atoms with Crippen molar-refractivity contribution in [2.75, 3.05) is 13.2 Å². The average Bonchev–Trinajstić information content (AvgIpc) is 2.87. The van der Waals surface area contributed by atoms with Gasteiger partial charge in [0.25, 0.3) is 0 Å². The molecule has 2 aliphatic heterocycles. The maximum Gasteiger partial charge on any atom is 0.147 e. The summed E-state index contributed by atoms with van der Waals surface area (Å²) in [6.07, 6.45) is -10.4. The van der Waals surface area contributed by atoms with Crippen LogP contribution in [0.3, 0.4) is 0 Å². The first kappa shape index (κ1) is 25.5. The maximum atomic E-state index is 10.3. The number of hydrogen-bond donors (Lipinski definition) is 7. The topological polar surface area (TPSA) is 160 Å². The summed E-state index contributed by atoms with van der Waals surface area (Å²) in [6, 6.07) is 10.9. The average molecular weight is 485 g/mol. The van der Waals surface area contributed by atoms with Crippen molar-refractivity contribution < 1.29 is 45.2 Å². The van der Waals surface area contributed by atoms with Gasteiger partial charge in [-0.3, -0.25) is 0 Å². The molecule has 4 rings (SSSR count). The van der Waals surface area contributed by atoms with Gasteiger partial charge in [0.1, 0.15) is 42.7 Å². The lowest BCUT2D eigenvalue weighted by molar-refractivity contribution is -0.214. The van der Waals surface area contributed by atoms with Crippen LogP contribution in [0.2, 0.25) is 0 Å². The van der Waals surface area contributed by atoms with Gasteiger partial charge in [0, 0.05) is 22.9 Å². The van der Waals surface area contributed by atoms with Gasteiger partial charge in [-0.15, -0.1) is 0 Å². The van der Waals surface area contributed by atoms with Crippen molar-refractivity contribution >= 4 is 10.8 Å². The van der Waals surface area contributed by atoms with Crippen LogP contribution in [0.1, 0.15) is 17.5 Å². The summed E-state index contributed by atoms with van der Waals surface area (Å²) in [5.74, 6) is 11.6. The van der Waals surface area contributed by atoms with Crippen molar-refractivity contribution in [2.45, 2.75) is 61.4 Å². The molecule has 0 unspecified atom stereocenters.